The topological polar surface area (TPSA) is 91.9 Å². The minimum absolute atomic E-state index is 0.384. The zero-order valence-electron chi connectivity index (χ0n) is 19.3. The van der Waals surface area contributed by atoms with Gasteiger partial charge in [-0.05, 0) is 49.3 Å². The van der Waals surface area contributed by atoms with Crippen molar-refractivity contribution in [3.8, 4) is 11.4 Å². The van der Waals surface area contributed by atoms with Crippen molar-refractivity contribution in [2.24, 2.45) is 0 Å². The maximum absolute atomic E-state index is 5.73. The van der Waals surface area contributed by atoms with Gasteiger partial charge in [-0.2, -0.15) is 0 Å². The maximum Gasteiger partial charge on any atom is 0.163 e. The van der Waals surface area contributed by atoms with Gasteiger partial charge in [0.1, 0.15) is 11.5 Å². The maximum atomic E-state index is 5.73. The van der Waals surface area contributed by atoms with E-state index in [1.54, 1.807) is 0 Å². The third-order valence-corrected chi connectivity index (χ3v) is 7.44. The van der Waals surface area contributed by atoms with E-state index in [2.05, 4.69) is 31.2 Å². The summed E-state index contributed by atoms with van der Waals surface area (Å²) >= 11 is 0. The summed E-state index contributed by atoms with van der Waals surface area (Å²) in [4.78, 5) is 25.4. The van der Waals surface area contributed by atoms with Crippen molar-refractivity contribution >= 4 is 27.8 Å². The highest BCUT2D eigenvalue weighted by molar-refractivity contribution is 5.97. The first-order valence-corrected chi connectivity index (χ1v) is 12.5. The largest absolute Gasteiger partial charge is 0.381 e. The second-order valence-electron chi connectivity index (χ2n) is 9.76. The molecular weight excluding hydrogens is 426 g/mol. The van der Waals surface area contributed by atoms with Crippen molar-refractivity contribution in [2.75, 3.05) is 44.3 Å². The van der Waals surface area contributed by atoms with E-state index in [4.69, 9.17) is 14.7 Å². The molecule has 2 aliphatic heterocycles. The Bertz CT molecular complexity index is 1350. The van der Waals surface area contributed by atoms with Crippen LogP contribution in [0.5, 0.6) is 0 Å². The number of rotatable bonds is 4. The van der Waals surface area contributed by atoms with Crippen LogP contribution in [0.25, 0.3) is 33.3 Å². The molecule has 4 aromatic heterocycles. The number of H-pyrrole nitrogens is 1. The van der Waals surface area contributed by atoms with E-state index >= 15 is 0 Å². The molecule has 34 heavy (non-hydrogen) atoms. The molecule has 0 spiro atoms. The van der Waals surface area contributed by atoms with Crippen LogP contribution in [-0.2, 0) is 4.74 Å². The van der Waals surface area contributed by atoms with Crippen LogP contribution in [0.1, 0.15) is 48.8 Å². The molecule has 4 aromatic rings. The first kappa shape index (κ1) is 20.3. The van der Waals surface area contributed by atoms with Crippen molar-refractivity contribution in [3.63, 3.8) is 0 Å². The fourth-order valence-electron chi connectivity index (χ4n) is 5.47. The molecule has 6 heterocycles. The van der Waals surface area contributed by atoms with Gasteiger partial charge in [-0.15, -0.1) is 0 Å². The fourth-order valence-corrected chi connectivity index (χ4v) is 5.47. The lowest BCUT2D eigenvalue weighted by atomic mass is 9.98. The second-order valence-corrected chi connectivity index (χ2v) is 9.76. The van der Waals surface area contributed by atoms with E-state index in [0.717, 1.165) is 86.0 Å². The number of ether oxygens (including phenoxy) is 1. The van der Waals surface area contributed by atoms with Gasteiger partial charge in [-0.25, -0.2) is 15.0 Å². The second kappa shape index (κ2) is 8.29. The predicted octanol–water partition coefficient (Wildman–Crippen LogP) is 3.75. The van der Waals surface area contributed by atoms with Gasteiger partial charge in [0, 0.05) is 73.1 Å². The number of pyridine rings is 2. The molecule has 1 saturated carbocycles. The first-order chi connectivity index (χ1) is 16.8. The molecule has 2 N–H and O–H groups in total. The number of aromatic amines is 1. The quantitative estimate of drug-likeness (QED) is 0.484. The average molecular weight is 456 g/mol. The van der Waals surface area contributed by atoms with Gasteiger partial charge in [0.05, 0.1) is 18.3 Å². The zero-order chi connectivity index (χ0) is 22.5. The Morgan fingerprint density at radius 3 is 2.76 bits per heavy atom. The molecule has 1 unspecified atom stereocenters. The van der Waals surface area contributed by atoms with Crippen LogP contribution in [0.4, 0.5) is 5.82 Å². The Hall–Kier alpha value is -3.10. The summed E-state index contributed by atoms with van der Waals surface area (Å²) in [6.07, 6.45) is 10.5. The number of aromatic nitrogens is 5. The molecule has 8 heteroatoms. The molecule has 8 nitrogen and oxygen atoms in total. The Labute approximate surface area is 198 Å². The van der Waals surface area contributed by atoms with Crippen molar-refractivity contribution in [3.05, 3.63) is 42.0 Å². The van der Waals surface area contributed by atoms with Crippen LogP contribution >= 0.6 is 0 Å². The van der Waals surface area contributed by atoms with Crippen LogP contribution in [0.3, 0.4) is 0 Å². The Morgan fingerprint density at radius 2 is 1.94 bits per heavy atom. The summed E-state index contributed by atoms with van der Waals surface area (Å²) in [5.41, 5.74) is 5.33. The van der Waals surface area contributed by atoms with Gasteiger partial charge in [-0.1, -0.05) is 0 Å². The standard InChI is InChI=1S/C26H29N7O/c1-2-17(15-34-11-1)21-12-19-18(5-6-29-24(19)30-21)25-31-22-14-28-13-20(16-3-4-16)23(22)26(32-25)33-9-7-27-8-10-33/h5-6,12-14,16-17,27H,1-4,7-11,15H2,(H,29,30). The molecule has 7 rings (SSSR count). The fraction of sp³-hybridized carbons (Fsp3) is 0.462. The summed E-state index contributed by atoms with van der Waals surface area (Å²) in [7, 11) is 0. The lowest BCUT2D eigenvalue weighted by Crippen LogP contribution is -2.44. The van der Waals surface area contributed by atoms with E-state index in [1.807, 2.05) is 24.7 Å². The van der Waals surface area contributed by atoms with Crippen molar-refractivity contribution < 1.29 is 4.74 Å². The SMILES string of the molecule is c1cc(-c2nc(N3CCNCC3)c3c(C4CC4)cncc3n2)c2cc(C3CCCOC3)[nH]c2n1. The smallest absolute Gasteiger partial charge is 0.163 e. The van der Waals surface area contributed by atoms with Crippen LogP contribution in [0.15, 0.2) is 30.7 Å². The average Bonchev–Trinajstić information content (AvgIpc) is 3.66. The van der Waals surface area contributed by atoms with Gasteiger partial charge in [0.25, 0.3) is 0 Å². The number of piperazine rings is 1. The summed E-state index contributed by atoms with van der Waals surface area (Å²) in [5, 5.41) is 5.72. The van der Waals surface area contributed by atoms with Gasteiger partial charge in [-0.3, -0.25) is 4.98 Å². The summed E-state index contributed by atoms with van der Waals surface area (Å²) < 4.78 is 5.73. The summed E-state index contributed by atoms with van der Waals surface area (Å²) in [6, 6.07) is 4.27. The molecular formula is C26H29N7O. The number of hydrogen-bond donors (Lipinski definition) is 2. The van der Waals surface area contributed by atoms with E-state index in [0.29, 0.717) is 11.8 Å². The van der Waals surface area contributed by atoms with Gasteiger partial charge >= 0.3 is 0 Å². The molecule has 1 atom stereocenters. The third-order valence-electron chi connectivity index (χ3n) is 7.44. The van der Waals surface area contributed by atoms with Gasteiger partial charge in [0.2, 0.25) is 0 Å². The van der Waals surface area contributed by atoms with E-state index < -0.39 is 0 Å². The highest BCUT2D eigenvalue weighted by Crippen LogP contribution is 2.45. The normalized spacial score (nSPS) is 21.4. The van der Waals surface area contributed by atoms with E-state index in [9.17, 15) is 0 Å². The Morgan fingerprint density at radius 1 is 1.03 bits per heavy atom. The Balaban J connectivity index is 1.39. The predicted molar refractivity (Wildman–Crippen MR) is 132 cm³/mol. The van der Waals surface area contributed by atoms with E-state index in [-0.39, 0.29) is 0 Å². The van der Waals surface area contributed by atoms with Crippen LogP contribution < -0.4 is 10.2 Å². The number of nitrogens with one attached hydrogen (secondary N) is 2. The first-order valence-electron chi connectivity index (χ1n) is 12.5. The monoisotopic (exact) mass is 455 g/mol. The highest BCUT2D eigenvalue weighted by atomic mass is 16.5. The van der Waals surface area contributed by atoms with Crippen LogP contribution in [0.2, 0.25) is 0 Å². The summed E-state index contributed by atoms with van der Waals surface area (Å²) in [6.45, 7) is 5.44. The molecule has 3 fully saturated rings. The zero-order valence-corrected chi connectivity index (χ0v) is 19.3. The molecule has 1 aliphatic carbocycles. The van der Waals surface area contributed by atoms with Crippen molar-refractivity contribution in [1.82, 2.24) is 30.2 Å². The van der Waals surface area contributed by atoms with Gasteiger partial charge in [0.15, 0.2) is 5.82 Å². The molecule has 0 aromatic carbocycles. The Kier molecular flexibility index (Phi) is 4.94. The molecule has 174 valence electrons. The minimum Gasteiger partial charge on any atom is -0.381 e. The van der Waals surface area contributed by atoms with Crippen molar-refractivity contribution in [1.29, 1.82) is 0 Å². The lowest BCUT2D eigenvalue weighted by molar-refractivity contribution is 0.0795. The highest BCUT2D eigenvalue weighted by Gasteiger charge is 2.29. The molecule has 0 radical (unpaired) electrons. The van der Waals surface area contributed by atoms with Crippen LogP contribution in [-0.4, -0.2) is 64.3 Å². The molecule has 2 saturated heterocycles. The minimum atomic E-state index is 0.384. The summed E-state index contributed by atoms with van der Waals surface area (Å²) in [5.74, 6) is 2.76. The van der Waals surface area contributed by atoms with Crippen molar-refractivity contribution in [2.45, 2.75) is 37.5 Å². The lowest BCUT2D eigenvalue weighted by Gasteiger charge is -2.30. The number of anilines is 1. The van der Waals surface area contributed by atoms with Gasteiger partial charge < -0.3 is 19.9 Å². The third kappa shape index (κ3) is 3.52. The number of nitrogens with zero attached hydrogens (tertiary/aromatic N) is 5. The number of fused-ring (bicyclic) bond motifs is 2. The number of hydrogen-bond acceptors (Lipinski definition) is 7. The molecule has 0 amide bonds. The molecule has 0 bridgehead atoms. The molecule has 3 aliphatic rings. The van der Waals surface area contributed by atoms with E-state index in [1.165, 1.54) is 29.5 Å². The van der Waals surface area contributed by atoms with Crippen LogP contribution in [0, 0.1) is 0 Å².